The molecule has 4 rings (SSSR count). The number of nitrogens with one attached hydrogen (secondary N) is 1. The normalized spacial score (nSPS) is 13.9. The molecule has 37 heavy (non-hydrogen) atoms. The number of carbonyl (C=O) groups excluding carboxylic acids is 1. The Morgan fingerprint density at radius 3 is 2.30 bits per heavy atom. The molecule has 0 aromatic heterocycles. The summed E-state index contributed by atoms with van der Waals surface area (Å²) in [5.74, 6) is 0.244. The van der Waals surface area contributed by atoms with Crippen molar-refractivity contribution >= 4 is 33.2 Å². The number of halogens is 1. The highest BCUT2D eigenvalue weighted by Gasteiger charge is 2.28. The Labute approximate surface area is 224 Å². The monoisotopic (exact) mass is 540 g/mol. The summed E-state index contributed by atoms with van der Waals surface area (Å²) in [6.45, 7) is 4.03. The van der Waals surface area contributed by atoms with Crippen LogP contribution in [0.2, 0.25) is 5.02 Å². The molecule has 3 aromatic carbocycles. The zero-order valence-electron chi connectivity index (χ0n) is 21.2. The predicted molar refractivity (Wildman–Crippen MR) is 148 cm³/mol. The molecule has 0 aliphatic heterocycles. The van der Waals surface area contributed by atoms with Gasteiger partial charge in [0.1, 0.15) is 12.3 Å². The molecule has 0 spiro atoms. The van der Waals surface area contributed by atoms with Crippen molar-refractivity contribution in [2.24, 2.45) is 0 Å². The van der Waals surface area contributed by atoms with E-state index in [1.165, 1.54) is 48.2 Å². The van der Waals surface area contributed by atoms with Crippen molar-refractivity contribution in [1.82, 2.24) is 5.32 Å². The van der Waals surface area contributed by atoms with Gasteiger partial charge >= 0.3 is 0 Å². The van der Waals surface area contributed by atoms with Gasteiger partial charge in [0.25, 0.3) is 10.0 Å². The number of hydrogen-bond acceptors (Lipinski definition) is 4. The highest BCUT2D eigenvalue weighted by Crippen LogP contribution is 2.28. The number of ether oxygens (including phenoxy) is 1. The molecule has 0 saturated heterocycles. The highest BCUT2D eigenvalue weighted by molar-refractivity contribution is 7.92. The molecule has 1 atom stereocenters. The van der Waals surface area contributed by atoms with Gasteiger partial charge in [-0.25, -0.2) is 8.42 Å². The van der Waals surface area contributed by atoms with Crippen LogP contribution in [-0.2, 0) is 27.7 Å². The van der Waals surface area contributed by atoms with E-state index in [1.807, 2.05) is 13.8 Å². The maximum absolute atomic E-state index is 13.6. The van der Waals surface area contributed by atoms with Crippen molar-refractivity contribution in [2.45, 2.75) is 56.9 Å². The van der Waals surface area contributed by atoms with Crippen molar-refractivity contribution in [3.63, 3.8) is 0 Å². The first kappa shape index (κ1) is 27.0. The van der Waals surface area contributed by atoms with Crippen LogP contribution in [0.4, 0.5) is 5.69 Å². The molecule has 8 heteroatoms. The molecule has 0 radical (unpaired) electrons. The van der Waals surface area contributed by atoms with E-state index in [0.29, 0.717) is 29.5 Å². The Hall–Kier alpha value is -3.03. The van der Waals surface area contributed by atoms with Gasteiger partial charge < -0.3 is 10.1 Å². The molecule has 1 aliphatic carbocycles. The number of aryl methyl sites for hydroxylation is 2. The van der Waals surface area contributed by atoms with Crippen molar-refractivity contribution in [3.8, 4) is 5.75 Å². The van der Waals surface area contributed by atoms with Crippen LogP contribution in [0.5, 0.6) is 5.75 Å². The summed E-state index contributed by atoms with van der Waals surface area (Å²) in [5, 5.41) is 3.49. The van der Waals surface area contributed by atoms with Gasteiger partial charge in [-0.05, 0) is 104 Å². The Morgan fingerprint density at radius 2 is 1.65 bits per heavy atom. The molecule has 1 amide bonds. The Bertz CT molecular complexity index is 1330. The lowest BCUT2D eigenvalue weighted by Gasteiger charge is -2.26. The third kappa shape index (κ3) is 6.46. The maximum Gasteiger partial charge on any atom is 0.264 e. The fraction of sp³-hybridized carbons (Fsp3) is 0.345. The van der Waals surface area contributed by atoms with Crippen LogP contribution in [0.15, 0.2) is 71.6 Å². The second kappa shape index (κ2) is 12.0. The van der Waals surface area contributed by atoms with Gasteiger partial charge in [0.15, 0.2) is 0 Å². The molecular formula is C29H33ClN2O4S. The molecule has 6 nitrogen and oxygen atoms in total. The quantitative estimate of drug-likeness (QED) is 0.338. The third-order valence-corrected chi connectivity index (χ3v) is 8.68. The number of benzene rings is 3. The highest BCUT2D eigenvalue weighted by atomic mass is 35.5. The first-order valence-electron chi connectivity index (χ1n) is 12.7. The number of anilines is 1. The van der Waals surface area contributed by atoms with Gasteiger partial charge in [0.2, 0.25) is 5.91 Å². The molecular weight excluding hydrogens is 508 g/mol. The predicted octanol–water partition coefficient (Wildman–Crippen LogP) is 6.08. The Kier molecular flexibility index (Phi) is 8.77. The molecule has 1 aliphatic rings. The van der Waals surface area contributed by atoms with Crippen LogP contribution >= 0.6 is 11.6 Å². The zero-order chi connectivity index (χ0) is 26.4. The SMILES string of the molecule is CCOc1ccc(N(CC(=O)N[C@@H](CC)c2ccc3c(c2)CCCC3)S(=O)(=O)c2ccc(Cl)cc2)cc1. The second-order valence-electron chi connectivity index (χ2n) is 9.16. The second-order valence-corrected chi connectivity index (χ2v) is 11.5. The van der Waals surface area contributed by atoms with Gasteiger partial charge in [-0.3, -0.25) is 9.10 Å². The van der Waals surface area contributed by atoms with E-state index < -0.39 is 10.0 Å². The summed E-state index contributed by atoms with van der Waals surface area (Å²) < 4.78 is 33.9. The number of nitrogens with zero attached hydrogens (tertiary/aromatic N) is 1. The van der Waals surface area contributed by atoms with E-state index in [0.717, 1.165) is 22.7 Å². The number of rotatable bonds is 10. The molecule has 0 bridgehead atoms. The van der Waals surface area contributed by atoms with Crippen LogP contribution in [0.25, 0.3) is 0 Å². The summed E-state index contributed by atoms with van der Waals surface area (Å²) >= 11 is 5.98. The lowest BCUT2D eigenvalue weighted by Crippen LogP contribution is -2.42. The molecule has 0 unspecified atom stereocenters. The lowest BCUT2D eigenvalue weighted by molar-refractivity contribution is -0.120. The van der Waals surface area contributed by atoms with Gasteiger partial charge in [0.05, 0.1) is 23.2 Å². The molecule has 0 fully saturated rings. The molecule has 3 aromatic rings. The van der Waals surface area contributed by atoms with Crippen LogP contribution in [0.1, 0.15) is 55.8 Å². The van der Waals surface area contributed by atoms with Crippen molar-refractivity contribution in [2.75, 3.05) is 17.5 Å². The molecule has 196 valence electrons. The average Bonchev–Trinajstić information content (AvgIpc) is 2.91. The van der Waals surface area contributed by atoms with E-state index in [1.54, 1.807) is 24.3 Å². The summed E-state index contributed by atoms with van der Waals surface area (Å²) in [5.41, 5.74) is 4.14. The maximum atomic E-state index is 13.6. The van der Waals surface area contributed by atoms with Gasteiger partial charge in [-0.2, -0.15) is 0 Å². The molecule has 0 saturated carbocycles. The number of hydrogen-bond donors (Lipinski definition) is 1. The first-order chi connectivity index (χ1) is 17.8. The number of carbonyl (C=O) groups is 1. The van der Waals surface area contributed by atoms with E-state index in [9.17, 15) is 13.2 Å². The minimum atomic E-state index is -4.04. The Morgan fingerprint density at radius 1 is 0.973 bits per heavy atom. The smallest absolute Gasteiger partial charge is 0.264 e. The lowest BCUT2D eigenvalue weighted by atomic mass is 9.89. The summed E-state index contributed by atoms with van der Waals surface area (Å²) in [6.07, 6.45) is 5.23. The van der Waals surface area contributed by atoms with Crippen molar-refractivity contribution in [3.05, 3.63) is 88.4 Å². The molecule has 1 N–H and O–H groups in total. The van der Waals surface area contributed by atoms with Crippen LogP contribution < -0.4 is 14.4 Å². The first-order valence-corrected chi connectivity index (χ1v) is 14.6. The summed E-state index contributed by atoms with van der Waals surface area (Å²) in [7, 11) is -4.04. The van der Waals surface area contributed by atoms with Crippen molar-refractivity contribution < 1.29 is 17.9 Å². The zero-order valence-corrected chi connectivity index (χ0v) is 22.8. The third-order valence-electron chi connectivity index (χ3n) is 6.64. The van der Waals surface area contributed by atoms with Crippen molar-refractivity contribution in [1.29, 1.82) is 0 Å². The summed E-state index contributed by atoms with van der Waals surface area (Å²) in [6, 6.07) is 18.8. The van der Waals surface area contributed by atoms with Gasteiger partial charge in [-0.1, -0.05) is 36.7 Å². The van der Waals surface area contributed by atoms with E-state index >= 15 is 0 Å². The fourth-order valence-corrected chi connectivity index (χ4v) is 6.23. The fourth-order valence-electron chi connectivity index (χ4n) is 4.69. The topological polar surface area (TPSA) is 75.7 Å². The van der Waals surface area contributed by atoms with Crippen LogP contribution in [-0.4, -0.2) is 27.5 Å². The van der Waals surface area contributed by atoms with E-state index in [-0.39, 0.29) is 23.4 Å². The van der Waals surface area contributed by atoms with Gasteiger partial charge in [0, 0.05) is 5.02 Å². The van der Waals surface area contributed by atoms with Crippen LogP contribution in [0, 0.1) is 0 Å². The number of fused-ring (bicyclic) bond motifs is 1. The summed E-state index contributed by atoms with van der Waals surface area (Å²) in [4.78, 5) is 13.4. The van der Waals surface area contributed by atoms with Crippen LogP contribution in [0.3, 0.4) is 0 Å². The van der Waals surface area contributed by atoms with E-state index in [4.69, 9.17) is 16.3 Å². The number of amides is 1. The standard InChI is InChI=1S/C29H33ClN2O4S/c1-3-28(23-10-9-21-7-5-6-8-22(21)19-23)31-29(33)20-32(25-13-15-26(16-14-25)36-4-2)37(34,35)27-17-11-24(30)12-18-27/h9-19,28H,3-8,20H2,1-2H3,(H,31,33)/t28-/m0/s1. The number of sulfonamides is 1. The Balaban J connectivity index is 1.59. The van der Waals surface area contributed by atoms with Gasteiger partial charge in [-0.15, -0.1) is 0 Å². The molecule has 0 heterocycles. The largest absolute Gasteiger partial charge is 0.494 e. The minimum absolute atomic E-state index is 0.0558. The van der Waals surface area contributed by atoms with E-state index in [2.05, 4.69) is 23.5 Å². The minimum Gasteiger partial charge on any atom is -0.494 e. The average molecular weight is 541 g/mol.